The number of hydrogen-bond donors (Lipinski definition) is 1. The summed E-state index contributed by atoms with van der Waals surface area (Å²) in [5.41, 5.74) is 0.698. The minimum atomic E-state index is -0.502. The van der Waals surface area contributed by atoms with E-state index in [2.05, 4.69) is 5.32 Å². The molecular formula is C15H21F2NS. The second kappa shape index (κ2) is 7.25. The van der Waals surface area contributed by atoms with Crippen LogP contribution in [0.1, 0.15) is 43.7 Å². The first-order valence-electron chi connectivity index (χ1n) is 6.94. The van der Waals surface area contributed by atoms with Crippen LogP contribution >= 0.6 is 11.8 Å². The average Bonchev–Trinajstić information content (AvgIpc) is 2.39. The van der Waals surface area contributed by atoms with Crippen LogP contribution in [0.15, 0.2) is 18.2 Å². The monoisotopic (exact) mass is 285 g/mol. The first-order valence-corrected chi connectivity index (χ1v) is 7.99. The lowest BCUT2D eigenvalue weighted by molar-refractivity contribution is 0.514. The lowest BCUT2D eigenvalue weighted by Gasteiger charge is -2.24. The minimum Gasteiger partial charge on any atom is -0.312 e. The van der Waals surface area contributed by atoms with Crippen molar-refractivity contribution in [1.82, 2.24) is 5.32 Å². The number of halogens is 2. The first kappa shape index (κ1) is 14.8. The smallest absolute Gasteiger partial charge is 0.126 e. The highest BCUT2D eigenvalue weighted by Crippen LogP contribution is 2.31. The van der Waals surface area contributed by atoms with Gasteiger partial charge in [0.1, 0.15) is 11.6 Å². The molecule has 106 valence electrons. The van der Waals surface area contributed by atoms with Gasteiger partial charge < -0.3 is 5.32 Å². The van der Waals surface area contributed by atoms with Crippen LogP contribution in [-0.2, 0) is 0 Å². The summed E-state index contributed by atoms with van der Waals surface area (Å²) in [7, 11) is 1.84. The zero-order chi connectivity index (χ0) is 13.7. The highest BCUT2D eigenvalue weighted by atomic mass is 32.2. The Morgan fingerprint density at radius 1 is 1.16 bits per heavy atom. The maximum atomic E-state index is 13.2. The molecule has 1 atom stereocenters. The topological polar surface area (TPSA) is 12.0 Å². The van der Waals surface area contributed by atoms with E-state index in [1.165, 1.54) is 44.2 Å². The van der Waals surface area contributed by atoms with Crippen molar-refractivity contribution in [3.63, 3.8) is 0 Å². The standard InChI is InChI=1S/C15H21F2NS/c1-18-15(10-19-14-5-3-2-4-6-14)11-7-12(16)9-13(17)8-11/h7-9,14-15,18H,2-6,10H2,1H3. The molecule has 0 spiro atoms. The Morgan fingerprint density at radius 2 is 1.79 bits per heavy atom. The molecule has 1 unspecified atom stereocenters. The third-order valence-electron chi connectivity index (χ3n) is 3.69. The van der Waals surface area contributed by atoms with Gasteiger partial charge in [-0.3, -0.25) is 0 Å². The molecule has 19 heavy (non-hydrogen) atoms. The zero-order valence-corrected chi connectivity index (χ0v) is 12.1. The fraction of sp³-hybridized carbons (Fsp3) is 0.600. The number of rotatable bonds is 5. The van der Waals surface area contributed by atoms with Gasteiger partial charge in [0.25, 0.3) is 0 Å². The van der Waals surface area contributed by atoms with Crippen molar-refractivity contribution in [2.24, 2.45) is 0 Å². The van der Waals surface area contributed by atoms with Crippen LogP contribution in [0.5, 0.6) is 0 Å². The van der Waals surface area contributed by atoms with Gasteiger partial charge in [0.05, 0.1) is 0 Å². The van der Waals surface area contributed by atoms with Gasteiger partial charge in [-0.2, -0.15) is 11.8 Å². The fourth-order valence-corrected chi connectivity index (χ4v) is 4.08. The summed E-state index contributed by atoms with van der Waals surface area (Å²) in [6.45, 7) is 0. The first-order chi connectivity index (χ1) is 9.19. The second-order valence-corrected chi connectivity index (χ2v) is 6.47. The molecule has 4 heteroatoms. The van der Waals surface area contributed by atoms with Crippen LogP contribution in [0.4, 0.5) is 8.78 Å². The second-order valence-electron chi connectivity index (χ2n) is 5.14. The van der Waals surface area contributed by atoms with Gasteiger partial charge in [0.15, 0.2) is 0 Å². The largest absolute Gasteiger partial charge is 0.312 e. The van der Waals surface area contributed by atoms with Gasteiger partial charge in [-0.1, -0.05) is 19.3 Å². The number of nitrogens with one attached hydrogen (secondary N) is 1. The summed E-state index contributed by atoms with van der Waals surface area (Å²) < 4.78 is 26.5. The third-order valence-corrected chi connectivity index (χ3v) is 5.16. The van der Waals surface area contributed by atoms with E-state index >= 15 is 0 Å². The third kappa shape index (κ3) is 4.46. The molecule has 2 rings (SSSR count). The molecule has 0 saturated heterocycles. The van der Waals surface area contributed by atoms with Crippen molar-refractivity contribution in [2.45, 2.75) is 43.4 Å². The number of hydrogen-bond acceptors (Lipinski definition) is 2. The summed E-state index contributed by atoms with van der Waals surface area (Å²) in [6.07, 6.45) is 6.53. The summed E-state index contributed by atoms with van der Waals surface area (Å²) in [5.74, 6) is -0.139. The van der Waals surface area contributed by atoms with E-state index in [-0.39, 0.29) is 6.04 Å². The summed E-state index contributed by atoms with van der Waals surface area (Å²) in [6, 6.07) is 3.78. The Balaban J connectivity index is 1.95. The Bertz CT molecular complexity index is 385. The zero-order valence-electron chi connectivity index (χ0n) is 11.3. The molecule has 0 heterocycles. The molecule has 1 nitrogen and oxygen atoms in total. The van der Waals surface area contributed by atoms with Crippen LogP contribution in [0.25, 0.3) is 0 Å². The molecule has 1 fully saturated rings. The van der Waals surface area contributed by atoms with Crippen molar-refractivity contribution < 1.29 is 8.78 Å². The van der Waals surface area contributed by atoms with E-state index in [0.717, 1.165) is 11.8 Å². The fourth-order valence-electron chi connectivity index (χ4n) is 2.59. The predicted octanol–water partition coefficient (Wildman–Crippen LogP) is 4.29. The Labute approximate surface area is 118 Å². The molecular weight excluding hydrogens is 264 g/mol. The van der Waals surface area contributed by atoms with E-state index in [1.807, 2.05) is 18.8 Å². The molecule has 1 aromatic rings. The highest BCUT2D eigenvalue weighted by Gasteiger charge is 2.17. The molecule has 0 radical (unpaired) electrons. The SMILES string of the molecule is CNC(CSC1CCCCC1)c1cc(F)cc(F)c1. The maximum Gasteiger partial charge on any atom is 0.126 e. The molecule has 0 aliphatic heterocycles. The van der Waals surface area contributed by atoms with Crippen LogP contribution in [0.2, 0.25) is 0 Å². The van der Waals surface area contributed by atoms with Gasteiger partial charge in [-0.05, 0) is 37.6 Å². The summed E-state index contributed by atoms with van der Waals surface area (Å²) in [4.78, 5) is 0. The summed E-state index contributed by atoms with van der Waals surface area (Å²) in [5, 5.41) is 3.87. The van der Waals surface area contributed by atoms with Gasteiger partial charge in [-0.15, -0.1) is 0 Å². The van der Waals surface area contributed by atoms with E-state index in [0.29, 0.717) is 10.8 Å². The Kier molecular flexibility index (Phi) is 5.64. The minimum absolute atomic E-state index is 0.0112. The molecule has 0 bridgehead atoms. The lowest BCUT2D eigenvalue weighted by Crippen LogP contribution is -2.21. The van der Waals surface area contributed by atoms with Gasteiger partial charge in [-0.25, -0.2) is 8.78 Å². The maximum absolute atomic E-state index is 13.2. The van der Waals surface area contributed by atoms with E-state index in [9.17, 15) is 8.78 Å². The molecule has 1 aliphatic rings. The van der Waals surface area contributed by atoms with E-state index < -0.39 is 11.6 Å². The normalized spacial score (nSPS) is 18.5. The molecule has 0 amide bonds. The van der Waals surface area contributed by atoms with Crippen LogP contribution in [-0.4, -0.2) is 18.1 Å². The van der Waals surface area contributed by atoms with Gasteiger partial charge >= 0.3 is 0 Å². The van der Waals surface area contributed by atoms with Crippen molar-refractivity contribution in [2.75, 3.05) is 12.8 Å². The molecule has 0 aromatic heterocycles. The predicted molar refractivity (Wildman–Crippen MR) is 77.5 cm³/mol. The quantitative estimate of drug-likeness (QED) is 0.866. The van der Waals surface area contributed by atoms with Crippen LogP contribution in [0.3, 0.4) is 0 Å². The highest BCUT2D eigenvalue weighted by molar-refractivity contribution is 7.99. The van der Waals surface area contributed by atoms with Crippen molar-refractivity contribution in [3.8, 4) is 0 Å². The lowest BCUT2D eigenvalue weighted by atomic mass is 10.0. The van der Waals surface area contributed by atoms with Crippen LogP contribution < -0.4 is 5.32 Å². The van der Waals surface area contributed by atoms with Gasteiger partial charge in [0, 0.05) is 23.1 Å². The number of benzene rings is 1. The molecule has 1 saturated carbocycles. The van der Waals surface area contributed by atoms with Crippen molar-refractivity contribution in [3.05, 3.63) is 35.4 Å². The molecule has 1 N–H and O–H groups in total. The molecule has 1 aliphatic carbocycles. The van der Waals surface area contributed by atoms with E-state index in [1.54, 1.807) is 0 Å². The molecule has 1 aromatic carbocycles. The van der Waals surface area contributed by atoms with Crippen LogP contribution in [0, 0.1) is 11.6 Å². The van der Waals surface area contributed by atoms with Crippen molar-refractivity contribution in [1.29, 1.82) is 0 Å². The Morgan fingerprint density at radius 3 is 2.37 bits per heavy atom. The number of thioether (sulfide) groups is 1. The summed E-state index contributed by atoms with van der Waals surface area (Å²) >= 11 is 1.93. The average molecular weight is 285 g/mol. The van der Waals surface area contributed by atoms with E-state index in [4.69, 9.17) is 0 Å². The van der Waals surface area contributed by atoms with Gasteiger partial charge in [0.2, 0.25) is 0 Å². The Hall–Kier alpha value is -0.610. The van der Waals surface area contributed by atoms with Crippen molar-refractivity contribution >= 4 is 11.8 Å².